The molecule has 2 heteroatoms. The molecule has 0 radical (unpaired) electrons. The van der Waals surface area contributed by atoms with Crippen molar-refractivity contribution >= 4 is 21.7 Å². The molecule has 0 saturated carbocycles. The van der Waals surface area contributed by atoms with Crippen molar-refractivity contribution in [1.82, 2.24) is 4.57 Å². The maximum atomic E-state index is 9.57. The van der Waals surface area contributed by atoms with Gasteiger partial charge in [0, 0.05) is 29.2 Å². The summed E-state index contributed by atoms with van der Waals surface area (Å²) in [6.45, 7) is 0.880. The van der Waals surface area contributed by atoms with Crippen molar-refractivity contribution in [3.63, 3.8) is 0 Å². The fourth-order valence-electron chi connectivity index (χ4n) is 3.19. The highest BCUT2D eigenvalue weighted by Crippen LogP contribution is 2.25. The van der Waals surface area contributed by atoms with E-state index in [1.807, 2.05) is 12.1 Å². The average molecular weight is 287 g/mol. The molecule has 0 saturated heterocycles. The molecule has 2 nitrogen and oxygen atoms in total. The Morgan fingerprint density at radius 1 is 0.727 bits per heavy atom. The van der Waals surface area contributed by atoms with Crippen molar-refractivity contribution < 1.29 is 5.11 Å². The highest BCUT2D eigenvalue weighted by molar-refractivity contribution is 5.87. The molecule has 0 aliphatic carbocycles. The predicted octanol–water partition coefficient (Wildman–Crippen LogP) is 4.34. The lowest BCUT2D eigenvalue weighted by molar-refractivity contribution is 0.283. The van der Waals surface area contributed by atoms with E-state index in [1.165, 1.54) is 21.9 Å². The molecule has 108 valence electrons. The Balaban J connectivity index is 1.86. The lowest BCUT2D eigenvalue weighted by Crippen LogP contribution is -1.98. The van der Waals surface area contributed by atoms with E-state index in [4.69, 9.17) is 0 Å². The van der Waals surface area contributed by atoms with Gasteiger partial charge in [0.05, 0.1) is 6.61 Å². The third-order valence-corrected chi connectivity index (χ3v) is 4.26. The predicted molar refractivity (Wildman–Crippen MR) is 90.9 cm³/mol. The summed E-state index contributed by atoms with van der Waals surface area (Å²) in [6, 6.07) is 23.1. The molecule has 4 rings (SSSR count). The van der Waals surface area contributed by atoms with Crippen LogP contribution in [0.4, 0.5) is 0 Å². The van der Waals surface area contributed by atoms with Gasteiger partial charge in [0.25, 0.3) is 0 Å². The van der Waals surface area contributed by atoms with Crippen molar-refractivity contribution in [3.8, 4) is 0 Å². The molecule has 0 atom stereocenters. The molecule has 22 heavy (non-hydrogen) atoms. The SMILES string of the molecule is OCc1cn(Cc2cccc3ccccc23)c2ccccc12. The number of aromatic nitrogens is 1. The van der Waals surface area contributed by atoms with Gasteiger partial charge in [-0.1, -0.05) is 60.7 Å². The van der Waals surface area contributed by atoms with Crippen LogP contribution in [0.5, 0.6) is 0 Å². The van der Waals surface area contributed by atoms with Gasteiger partial charge in [0.1, 0.15) is 0 Å². The van der Waals surface area contributed by atoms with Gasteiger partial charge in [-0.25, -0.2) is 0 Å². The third-order valence-electron chi connectivity index (χ3n) is 4.26. The zero-order valence-electron chi connectivity index (χ0n) is 12.2. The molecular weight excluding hydrogens is 270 g/mol. The first kappa shape index (κ1) is 13.1. The smallest absolute Gasteiger partial charge is 0.0702 e. The summed E-state index contributed by atoms with van der Waals surface area (Å²) in [6.07, 6.45) is 2.06. The number of fused-ring (bicyclic) bond motifs is 2. The number of hydrogen-bond donors (Lipinski definition) is 1. The monoisotopic (exact) mass is 287 g/mol. The summed E-state index contributed by atoms with van der Waals surface area (Å²) in [4.78, 5) is 0. The van der Waals surface area contributed by atoms with Crippen LogP contribution in [-0.2, 0) is 13.2 Å². The Hall–Kier alpha value is -2.58. The zero-order chi connectivity index (χ0) is 14.9. The van der Waals surface area contributed by atoms with Crippen molar-refractivity contribution in [2.45, 2.75) is 13.2 Å². The van der Waals surface area contributed by atoms with Crippen molar-refractivity contribution in [2.24, 2.45) is 0 Å². The Labute approximate surface area is 129 Å². The topological polar surface area (TPSA) is 25.2 Å². The van der Waals surface area contributed by atoms with E-state index in [-0.39, 0.29) is 6.61 Å². The molecule has 4 aromatic rings. The highest BCUT2D eigenvalue weighted by Gasteiger charge is 2.08. The second kappa shape index (κ2) is 5.32. The quantitative estimate of drug-likeness (QED) is 0.596. The summed E-state index contributed by atoms with van der Waals surface area (Å²) in [5.41, 5.74) is 3.44. The average Bonchev–Trinajstić information content (AvgIpc) is 2.93. The van der Waals surface area contributed by atoms with Crippen LogP contribution in [0.1, 0.15) is 11.1 Å². The highest BCUT2D eigenvalue weighted by atomic mass is 16.3. The second-order valence-corrected chi connectivity index (χ2v) is 5.60. The summed E-state index contributed by atoms with van der Waals surface area (Å²) in [5, 5.41) is 13.3. The number of para-hydroxylation sites is 1. The molecule has 1 aromatic heterocycles. The van der Waals surface area contributed by atoms with Crippen LogP contribution in [0.15, 0.2) is 72.9 Å². The fourth-order valence-corrected chi connectivity index (χ4v) is 3.19. The van der Waals surface area contributed by atoms with Crippen LogP contribution in [-0.4, -0.2) is 9.67 Å². The Bertz CT molecular complexity index is 947. The first-order valence-electron chi connectivity index (χ1n) is 7.51. The number of aliphatic hydroxyl groups excluding tert-OH is 1. The summed E-state index contributed by atoms with van der Waals surface area (Å²) in [5.74, 6) is 0. The molecule has 0 spiro atoms. The molecule has 0 aliphatic rings. The van der Waals surface area contributed by atoms with Crippen LogP contribution < -0.4 is 0 Å². The van der Waals surface area contributed by atoms with Crippen LogP contribution >= 0.6 is 0 Å². The minimum absolute atomic E-state index is 0.0725. The number of nitrogens with zero attached hydrogens (tertiary/aromatic N) is 1. The van der Waals surface area contributed by atoms with Gasteiger partial charge in [-0.15, -0.1) is 0 Å². The molecule has 0 amide bonds. The Morgan fingerprint density at radius 2 is 1.45 bits per heavy atom. The second-order valence-electron chi connectivity index (χ2n) is 5.60. The molecule has 0 fully saturated rings. The van der Waals surface area contributed by atoms with Crippen LogP contribution in [0.2, 0.25) is 0 Å². The fraction of sp³-hybridized carbons (Fsp3) is 0.100. The first-order valence-corrected chi connectivity index (χ1v) is 7.51. The van der Waals surface area contributed by atoms with Gasteiger partial charge >= 0.3 is 0 Å². The molecule has 1 N–H and O–H groups in total. The zero-order valence-corrected chi connectivity index (χ0v) is 12.2. The molecule has 1 heterocycles. The first-order chi connectivity index (χ1) is 10.9. The van der Waals surface area contributed by atoms with Crippen LogP contribution in [0, 0.1) is 0 Å². The molecule has 0 unspecified atom stereocenters. The van der Waals surface area contributed by atoms with E-state index in [1.54, 1.807) is 0 Å². The number of benzene rings is 3. The molecule has 3 aromatic carbocycles. The third kappa shape index (κ3) is 2.09. The van der Waals surface area contributed by atoms with E-state index in [2.05, 4.69) is 65.4 Å². The van der Waals surface area contributed by atoms with E-state index < -0.39 is 0 Å². The van der Waals surface area contributed by atoms with Gasteiger partial charge < -0.3 is 9.67 Å². The summed E-state index contributed by atoms with van der Waals surface area (Å²) < 4.78 is 2.22. The summed E-state index contributed by atoms with van der Waals surface area (Å²) in [7, 11) is 0. The summed E-state index contributed by atoms with van der Waals surface area (Å²) >= 11 is 0. The normalized spacial score (nSPS) is 11.3. The van der Waals surface area contributed by atoms with Gasteiger partial charge in [-0.2, -0.15) is 0 Å². The van der Waals surface area contributed by atoms with Crippen molar-refractivity contribution in [1.29, 1.82) is 0 Å². The lowest BCUT2D eigenvalue weighted by atomic mass is 10.0. The van der Waals surface area contributed by atoms with Gasteiger partial charge in [0.2, 0.25) is 0 Å². The van der Waals surface area contributed by atoms with E-state index in [0.717, 1.165) is 17.5 Å². The largest absolute Gasteiger partial charge is 0.392 e. The molecular formula is C20H17NO. The maximum absolute atomic E-state index is 9.57. The molecule has 0 bridgehead atoms. The minimum atomic E-state index is 0.0725. The number of aliphatic hydroxyl groups is 1. The van der Waals surface area contributed by atoms with Gasteiger partial charge in [-0.05, 0) is 22.4 Å². The van der Waals surface area contributed by atoms with Crippen LogP contribution in [0.25, 0.3) is 21.7 Å². The Morgan fingerprint density at radius 3 is 2.32 bits per heavy atom. The van der Waals surface area contributed by atoms with E-state index in [0.29, 0.717) is 0 Å². The minimum Gasteiger partial charge on any atom is -0.392 e. The number of hydrogen-bond acceptors (Lipinski definition) is 1. The Kier molecular flexibility index (Phi) is 3.17. The lowest BCUT2D eigenvalue weighted by Gasteiger charge is -2.09. The molecule has 0 aliphatic heterocycles. The maximum Gasteiger partial charge on any atom is 0.0702 e. The van der Waals surface area contributed by atoms with Crippen molar-refractivity contribution in [3.05, 3.63) is 84.1 Å². The van der Waals surface area contributed by atoms with Gasteiger partial charge in [0.15, 0.2) is 0 Å². The van der Waals surface area contributed by atoms with Crippen molar-refractivity contribution in [2.75, 3.05) is 0 Å². The van der Waals surface area contributed by atoms with Gasteiger partial charge in [-0.3, -0.25) is 0 Å². The van der Waals surface area contributed by atoms with Crippen LogP contribution in [0.3, 0.4) is 0 Å². The van der Waals surface area contributed by atoms with E-state index >= 15 is 0 Å². The number of rotatable bonds is 3. The van der Waals surface area contributed by atoms with E-state index in [9.17, 15) is 5.11 Å². The standard InChI is InChI=1S/C20H17NO/c22-14-17-13-21(20-11-4-3-10-19(17)20)12-16-8-5-7-15-6-1-2-9-18(15)16/h1-11,13,22H,12,14H2.